The maximum Gasteiger partial charge on any atom is 1.00 e. The van der Waals surface area contributed by atoms with Crippen LogP contribution < -0.4 is 18.9 Å². The molecule has 1 saturated heterocycles. The summed E-state index contributed by atoms with van der Waals surface area (Å²) in [5.41, 5.74) is 0. The zero-order valence-corrected chi connectivity index (χ0v) is 4.68. The van der Waals surface area contributed by atoms with Crippen molar-refractivity contribution in [2.75, 3.05) is 0 Å². The van der Waals surface area contributed by atoms with Crippen molar-refractivity contribution in [3.8, 4) is 0 Å². The molecule has 0 aromatic rings. The van der Waals surface area contributed by atoms with Crippen LogP contribution in [0.15, 0.2) is 0 Å². The first-order valence-corrected chi connectivity index (χ1v) is 2.06. The Labute approximate surface area is 59.0 Å². The number of hydrogen-bond donors (Lipinski definition) is 0. The Morgan fingerprint density at radius 1 is 1.12 bits per heavy atom. The van der Waals surface area contributed by atoms with Crippen molar-refractivity contribution in [3.63, 3.8) is 0 Å². The van der Waals surface area contributed by atoms with Gasteiger partial charge in [-0.05, 0) is 12.8 Å². The molecule has 1 heterocycles. The molecule has 0 atom stereocenters. The Kier molecular flexibility index (Phi) is 2.81. The molecule has 3 nitrogen and oxygen atoms in total. The van der Waals surface area contributed by atoms with Gasteiger partial charge in [-0.15, -0.1) is 0 Å². The van der Waals surface area contributed by atoms with Gasteiger partial charge in [0, 0.05) is 0 Å². The monoisotopic (exact) mass is 105 g/mol. The van der Waals surface area contributed by atoms with E-state index in [1.165, 1.54) is 0 Å². The minimum absolute atomic E-state index is 0. The van der Waals surface area contributed by atoms with Crippen LogP contribution >= 0.6 is 0 Å². The van der Waals surface area contributed by atoms with Crippen molar-refractivity contribution >= 4 is 11.8 Å². The fourth-order valence-electron chi connectivity index (χ4n) is 0.465. The Morgan fingerprint density at radius 3 is 1.62 bits per heavy atom. The third-order valence-electron chi connectivity index (χ3n) is 0.802. The molecule has 0 unspecified atom stereocenters. The predicted octanol–water partition coefficient (Wildman–Crippen LogP) is -2.79. The number of carbonyl (C=O) groups is 2. The van der Waals surface area contributed by atoms with Crippen molar-refractivity contribution in [1.29, 1.82) is 0 Å². The molecule has 8 heavy (non-hydrogen) atoms. The molecule has 0 aliphatic carbocycles. The predicted molar refractivity (Wildman–Crippen MR) is 22.6 cm³/mol. The van der Waals surface area contributed by atoms with E-state index in [9.17, 15) is 9.59 Å². The second-order valence-electron chi connectivity index (χ2n) is 1.40. The average molecular weight is 105 g/mol. The summed E-state index contributed by atoms with van der Waals surface area (Å²) in [7, 11) is 0. The maximum atomic E-state index is 10.1. The zero-order valence-electron chi connectivity index (χ0n) is 4.68. The van der Waals surface area contributed by atoms with E-state index in [-0.39, 0.29) is 30.7 Å². The van der Waals surface area contributed by atoms with Crippen molar-refractivity contribution in [1.82, 2.24) is 0 Å². The Hall–Kier alpha value is -0.263. The van der Waals surface area contributed by atoms with Gasteiger partial charge in [-0.1, -0.05) is 0 Å². The Balaban J connectivity index is 0.000000490. The SMILES string of the molecule is O=C1CCC(=O)[N-]1.[Li+]. The summed E-state index contributed by atoms with van der Waals surface area (Å²) in [5, 5.41) is 3.11. The first-order chi connectivity index (χ1) is 3.29. The van der Waals surface area contributed by atoms with Gasteiger partial charge in [-0.2, -0.15) is 0 Å². The van der Waals surface area contributed by atoms with Gasteiger partial charge in [-0.3, -0.25) is 0 Å². The van der Waals surface area contributed by atoms with E-state index in [1.54, 1.807) is 0 Å². The summed E-state index contributed by atoms with van der Waals surface area (Å²) in [4.78, 5) is 20.1. The van der Waals surface area contributed by atoms with Crippen LogP contribution in [0.25, 0.3) is 5.32 Å². The van der Waals surface area contributed by atoms with Crippen molar-refractivity contribution in [3.05, 3.63) is 5.32 Å². The number of hydrogen-bond acceptors (Lipinski definition) is 2. The summed E-state index contributed by atoms with van der Waals surface area (Å²) in [6, 6.07) is 0. The molecule has 2 amide bonds. The van der Waals surface area contributed by atoms with E-state index >= 15 is 0 Å². The van der Waals surface area contributed by atoms with Gasteiger partial charge in [-0.25, -0.2) is 0 Å². The standard InChI is InChI=1S/C4H5NO2.Li/c6-3-1-2-4(7)5-3;/h1-2H2,(H,5,6,7);/q;+1/p-1. The van der Waals surface area contributed by atoms with Gasteiger partial charge in [0.2, 0.25) is 0 Å². The minimum atomic E-state index is -0.273. The third-order valence-corrected chi connectivity index (χ3v) is 0.802. The quantitative estimate of drug-likeness (QED) is 0.247. The second kappa shape index (κ2) is 2.91. The number of nitrogens with zero attached hydrogens (tertiary/aromatic N) is 1. The molecule has 38 valence electrons. The van der Waals surface area contributed by atoms with Gasteiger partial charge in [0.15, 0.2) is 0 Å². The van der Waals surface area contributed by atoms with Crippen molar-refractivity contribution in [2.24, 2.45) is 0 Å². The molecule has 4 heteroatoms. The molecule has 0 aromatic heterocycles. The van der Waals surface area contributed by atoms with Crippen LogP contribution in [0.3, 0.4) is 0 Å². The van der Waals surface area contributed by atoms with Crippen LogP contribution in [0.2, 0.25) is 0 Å². The second-order valence-corrected chi connectivity index (χ2v) is 1.40. The number of carbonyl (C=O) groups excluding carboxylic acids is 2. The van der Waals surface area contributed by atoms with Gasteiger partial charge >= 0.3 is 18.9 Å². The molecule has 0 saturated carbocycles. The first kappa shape index (κ1) is 7.74. The minimum Gasteiger partial charge on any atom is -0.596 e. The maximum absolute atomic E-state index is 10.1. The van der Waals surface area contributed by atoms with Gasteiger partial charge in [0.25, 0.3) is 0 Å². The molecule has 1 aliphatic rings. The van der Waals surface area contributed by atoms with Crippen LogP contribution in [-0.4, -0.2) is 11.8 Å². The number of amides is 2. The average Bonchev–Trinajstić information content (AvgIpc) is 1.87. The molecule has 1 rings (SSSR count). The summed E-state index contributed by atoms with van der Waals surface area (Å²) in [6.45, 7) is 0. The summed E-state index contributed by atoms with van der Waals surface area (Å²) < 4.78 is 0. The van der Waals surface area contributed by atoms with Crippen molar-refractivity contribution < 1.29 is 28.4 Å². The third kappa shape index (κ3) is 1.69. The van der Waals surface area contributed by atoms with E-state index in [2.05, 4.69) is 5.32 Å². The van der Waals surface area contributed by atoms with Gasteiger partial charge in [0.1, 0.15) is 0 Å². The van der Waals surface area contributed by atoms with Crippen LogP contribution in [0.5, 0.6) is 0 Å². The summed E-state index contributed by atoms with van der Waals surface area (Å²) >= 11 is 0. The molecule has 0 bridgehead atoms. The van der Waals surface area contributed by atoms with Crippen molar-refractivity contribution in [2.45, 2.75) is 12.8 Å². The molecule has 1 fully saturated rings. The van der Waals surface area contributed by atoms with Crippen LogP contribution in [0, 0.1) is 0 Å². The van der Waals surface area contributed by atoms with Crippen LogP contribution in [-0.2, 0) is 9.59 Å². The fraction of sp³-hybridized carbons (Fsp3) is 0.500. The van der Waals surface area contributed by atoms with Crippen LogP contribution in [0.4, 0.5) is 0 Å². The Morgan fingerprint density at radius 2 is 1.50 bits per heavy atom. The number of imide groups is 1. The number of rotatable bonds is 0. The molecular formula is C4H4LiNO2. The summed E-state index contributed by atoms with van der Waals surface area (Å²) in [5.74, 6) is -0.546. The molecule has 0 radical (unpaired) electrons. The van der Waals surface area contributed by atoms with E-state index < -0.39 is 0 Å². The van der Waals surface area contributed by atoms with E-state index in [1.807, 2.05) is 0 Å². The summed E-state index contributed by atoms with van der Waals surface area (Å²) in [6.07, 6.45) is 0.637. The molecule has 0 spiro atoms. The smallest absolute Gasteiger partial charge is 0.596 e. The largest absolute Gasteiger partial charge is 1.00 e. The normalized spacial score (nSPS) is 17.5. The van der Waals surface area contributed by atoms with Crippen LogP contribution in [0.1, 0.15) is 12.8 Å². The van der Waals surface area contributed by atoms with E-state index in [0.717, 1.165) is 0 Å². The van der Waals surface area contributed by atoms with E-state index in [0.29, 0.717) is 12.8 Å². The zero-order chi connectivity index (χ0) is 5.28. The molecule has 0 N–H and O–H groups in total. The molecular weight excluding hydrogens is 101 g/mol. The molecule has 0 aromatic carbocycles. The fourth-order valence-corrected chi connectivity index (χ4v) is 0.465. The Bertz CT molecular complexity index is 109. The van der Waals surface area contributed by atoms with E-state index in [4.69, 9.17) is 0 Å². The molecule has 1 aliphatic heterocycles. The van der Waals surface area contributed by atoms with Gasteiger partial charge in [0.05, 0.1) is 11.8 Å². The topological polar surface area (TPSA) is 48.2 Å². The van der Waals surface area contributed by atoms with Gasteiger partial charge < -0.3 is 14.9 Å². The first-order valence-electron chi connectivity index (χ1n) is 2.06.